The van der Waals surface area contributed by atoms with Gasteiger partial charge in [0.25, 0.3) is 5.91 Å². The van der Waals surface area contributed by atoms with Gasteiger partial charge in [-0.3, -0.25) is 9.59 Å². The highest BCUT2D eigenvalue weighted by Crippen LogP contribution is 2.30. The van der Waals surface area contributed by atoms with Crippen LogP contribution in [0.1, 0.15) is 50.6 Å². The van der Waals surface area contributed by atoms with Gasteiger partial charge < -0.3 is 14.6 Å². The van der Waals surface area contributed by atoms with Crippen molar-refractivity contribution < 1.29 is 15.8 Å². The molecule has 1 saturated heterocycles. The number of piperidine rings is 1. The first-order chi connectivity index (χ1) is 18.5. The van der Waals surface area contributed by atoms with Gasteiger partial charge in [0.15, 0.2) is 0 Å². The maximum absolute atomic E-state index is 12.9. The predicted octanol–water partition coefficient (Wildman–Crippen LogP) is 6.05. The minimum absolute atomic E-state index is 0. The number of imidazole rings is 1. The standard InChI is InChI=1S/C32H31N3O3.H2/c1-3-23-19-25(26-12-14-28-29(20-26)34-22(2)33-28)13-15-31(23)38-18-8-7-11-32(37)35-17-16-27(36)21-30(35)24-9-5-4-6-10-24;/h4-6,9-10,12-15,19-20,30H,3,8,16-18,21H2,1-2H3,(H,33,34);1H. The molecule has 0 spiro atoms. The number of H-pyrrole nitrogens is 1. The van der Waals surface area contributed by atoms with Gasteiger partial charge in [-0.05, 0) is 65.8 Å². The summed E-state index contributed by atoms with van der Waals surface area (Å²) in [4.78, 5) is 34.4. The second-order valence-corrected chi connectivity index (χ2v) is 9.55. The van der Waals surface area contributed by atoms with Crippen LogP contribution >= 0.6 is 0 Å². The molecule has 4 aromatic rings. The fraction of sp³-hybridized carbons (Fsp3) is 0.281. The molecule has 1 aliphatic heterocycles. The van der Waals surface area contributed by atoms with Crippen molar-refractivity contribution in [2.24, 2.45) is 0 Å². The van der Waals surface area contributed by atoms with Gasteiger partial charge in [-0.2, -0.15) is 0 Å². The summed E-state index contributed by atoms with van der Waals surface area (Å²) in [6.45, 7) is 4.87. The third kappa shape index (κ3) is 5.63. The molecule has 5 rings (SSSR count). The van der Waals surface area contributed by atoms with Gasteiger partial charge in [-0.1, -0.05) is 55.3 Å². The summed E-state index contributed by atoms with van der Waals surface area (Å²) in [6.07, 6.45) is 2.00. The predicted molar refractivity (Wildman–Crippen MR) is 151 cm³/mol. The molecule has 3 aromatic carbocycles. The van der Waals surface area contributed by atoms with E-state index in [2.05, 4.69) is 53.0 Å². The highest BCUT2D eigenvalue weighted by molar-refractivity contribution is 5.95. The van der Waals surface area contributed by atoms with Crippen LogP contribution in [-0.2, 0) is 16.0 Å². The molecule has 0 aliphatic carbocycles. The first-order valence-electron chi connectivity index (χ1n) is 13.1. The van der Waals surface area contributed by atoms with E-state index >= 15 is 0 Å². The number of nitrogens with one attached hydrogen (secondary N) is 1. The largest absolute Gasteiger partial charge is 0.492 e. The van der Waals surface area contributed by atoms with Crippen LogP contribution in [0.2, 0.25) is 0 Å². The van der Waals surface area contributed by atoms with E-state index < -0.39 is 0 Å². The summed E-state index contributed by atoms with van der Waals surface area (Å²) < 4.78 is 6.04. The summed E-state index contributed by atoms with van der Waals surface area (Å²) in [5, 5.41) is 0. The number of aryl methyl sites for hydroxylation is 2. The number of nitrogens with zero attached hydrogens (tertiary/aromatic N) is 2. The van der Waals surface area contributed by atoms with E-state index in [1.54, 1.807) is 4.90 Å². The van der Waals surface area contributed by atoms with Crippen LogP contribution in [0.4, 0.5) is 0 Å². The summed E-state index contributed by atoms with van der Waals surface area (Å²) in [5.41, 5.74) is 6.33. The van der Waals surface area contributed by atoms with Crippen molar-refractivity contribution in [2.75, 3.05) is 13.2 Å². The number of fused-ring (bicyclic) bond motifs is 1. The number of aromatic amines is 1. The number of hydrogen-bond acceptors (Lipinski definition) is 4. The van der Waals surface area contributed by atoms with Gasteiger partial charge in [0.1, 0.15) is 17.4 Å². The van der Waals surface area contributed by atoms with Crippen LogP contribution in [0.5, 0.6) is 5.75 Å². The Morgan fingerprint density at radius 2 is 1.92 bits per heavy atom. The number of aromatic nitrogens is 2. The van der Waals surface area contributed by atoms with Crippen molar-refractivity contribution in [2.45, 2.75) is 45.6 Å². The molecular formula is C32H33N3O3. The Labute approximate surface area is 224 Å². The lowest BCUT2D eigenvalue weighted by molar-refractivity contribution is -0.133. The number of benzene rings is 3. The fourth-order valence-corrected chi connectivity index (χ4v) is 4.96. The molecule has 1 aliphatic rings. The van der Waals surface area contributed by atoms with E-state index in [0.717, 1.165) is 51.3 Å². The van der Waals surface area contributed by atoms with Crippen molar-refractivity contribution in [1.29, 1.82) is 0 Å². The first-order valence-corrected chi connectivity index (χ1v) is 13.1. The molecule has 2 heterocycles. The Morgan fingerprint density at radius 1 is 1.13 bits per heavy atom. The highest BCUT2D eigenvalue weighted by atomic mass is 16.5. The van der Waals surface area contributed by atoms with Crippen molar-refractivity contribution in [1.82, 2.24) is 14.9 Å². The lowest BCUT2D eigenvalue weighted by atomic mass is 9.94. The van der Waals surface area contributed by atoms with E-state index in [1.165, 1.54) is 0 Å². The Morgan fingerprint density at radius 3 is 2.74 bits per heavy atom. The van der Waals surface area contributed by atoms with Crippen LogP contribution in [0, 0.1) is 18.8 Å². The molecule has 6 heteroatoms. The molecule has 1 fully saturated rings. The Hall–Kier alpha value is -4.37. The monoisotopic (exact) mass is 507 g/mol. The molecule has 1 aromatic heterocycles. The fourth-order valence-electron chi connectivity index (χ4n) is 4.96. The summed E-state index contributed by atoms with van der Waals surface area (Å²) in [7, 11) is 0. The molecule has 1 atom stereocenters. The summed E-state index contributed by atoms with van der Waals surface area (Å²) in [5.74, 6) is 7.41. The average molecular weight is 508 g/mol. The second kappa shape index (κ2) is 11.4. The topological polar surface area (TPSA) is 75.3 Å². The van der Waals surface area contributed by atoms with Crippen LogP contribution < -0.4 is 4.74 Å². The van der Waals surface area contributed by atoms with Crippen LogP contribution in [0.15, 0.2) is 66.7 Å². The van der Waals surface area contributed by atoms with Crippen LogP contribution in [-0.4, -0.2) is 39.7 Å². The number of ketones is 1. The summed E-state index contributed by atoms with van der Waals surface area (Å²) in [6, 6.07) is 21.9. The maximum Gasteiger partial charge on any atom is 0.299 e. The second-order valence-electron chi connectivity index (χ2n) is 9.55. The number of carbonyl (C=O) groups is 2. The lowest BCUT2D eigenvalue weighted by Gasteiger charge is -2.34. The Bertz CT molecular complexity index is 1530. The number of amides is 1. The zero-order chi connectivity index (χ0) is 26.5. The quantitative estimate of drug-likeness (QED) is 0.255. The van der Waals surface area contributed by atoms with E-state index in [4.69, 9.17) is 4.74 Å². The molecule has 1 N–H and O–H groups in total. The Kier molecular flexibility index (Phi) is 7.55. The molecular weight excluding hydrogens is 474 g/mol. The van der Waals surface area contributed by atoms with Gasteiger partial charge in [-0.25, -0.2) is 4.98 Å². The number of likely N-dealkylation sites (tertiary alicyclic amines) is 1. The summed E-state index contributed by atoms with van der Waals surface area (Å²) >= 11 is 0. The van der Waals surface area contributed by atoms with Gasteiger partial charge in [0, 0.05) is 27.2 Å². The van der Waals surface area contributed by atoms with Gasteiger partial charge in [0.05, 0.1) is 23.7 Å². The third-order valence-corrected chi connectivity index (χ3v) is 6.93. The van der Waals surface area contributed by atoms with Crippen molar-refractivity contribution in [3.63, 3.8) is 0 Å². The first kappa shape index (κ1) is 25.3. The van der Waals surface area contributed by atoms with Crippen LogP contribution in [0.3, 0.4) is 0 Å². The van der Waals surface area contributed by atoms with E-state index in [9.17, 15) is 9.59 Å². The normalized spacial score (nSPS) is 15.3. The SMILES string of the molecule is CCc1cc(-c2ccc3nc(C)[nH]c3c2)ccc1OCCC#CC(=O)N1CCC(=O)CC1c1ccccc1.[HH]. The van der Waals surface area contributed by atoms with E-state index in [0.29, 0.717) is 32.4 Å². The molecule has 38 heavy (non-hydrogen) atoms. The molecule has 1 amide bonds. The molecule has 6 nitrogen and oxygen atoms in total. The van der Waals surface area contributed by atoms with Crippen LogP contribution in [0.25, 0.3) is 22.2 Å². The van der Waals surface area contributed by atoms with Gasteiger partial charge >= 0.3 is 0 Å². The molecule has 194 valence electrons. The molecule has 0 radical (unpaired) electrons. The number of rotatable bonds is 6. The van der Waals surface area contributed by atoms with E-state index in [1.807, 2.05) is 49.4 Å². The minimum Gasteiger partial charge on any atom is -0.492 e. The number of hydrogen-bond donors (Lipinski definition) is 1. The third-order valence-electron chi connectivity index (χ3n) is 6.93. The van der Waals surface area contributed by atoms with Crippen molar-refractivity contribution in [3.05, 3.63) is 83.7 Å². The highest BCUT2D eigenvalue weighted by Gasteiger charge is 2.30. The number of Topliss-reactive ketones (excluding diaryl/α,β-unsaturated/α-hetero) is 1. The van der Waals surface area contributed by atoms with Gasteiger partial charge in [0.2, 0.25) is 0 Å². The van der Waals surface area contributed by atoms with Crippen molar-refractivity contribution >= 4 is 22.7 Å². The Balaban J connectivity index is 0.00000353. The average Bonchev–Trinajstić information content (AvgIpc) is 3.32. The zero-order valence-corrected chi connectivity index (χ0v) is 21.8. The van der Waals surface area contributed by atoms with Crippen molar-refractivity contribution in [3.8, 4) is 28.7 Å². The maximum atomic E-state index is 12.9. The lowest BCUT2D eigenvalue weighted by Crippen LogP contribution is -2.40. The molecule has 0 bridgehead atoms. The smallest absolute Gasteiger partial charge is 0.299 e. The molecule has 0 saturated carbocycles. The zero-order valence-electron chi connectivity index (χ0n) is 21.8. The van der Waals surface area contributed by atoms with Gasteiger partial charge in [-0.15, -0.1) is 0 Å². The molecule has 1 unspecified atom stereocenters. The van der Waals surface area contributed by atoms with E-state index in [-0.39, 0.29) is 19.2 Å². The number of carbonyl (C=O) groups excluding carboxylic acids is 2. The minimum atomic E-state index is -0.251. The number of ether oxygens (including phenoxy) is 1.